The minimum Gasteiger partial charge on any atom is -0.481 e. The van der Waals surface area contributed by atoms with Crippen molar-refractivity contribution in [1.29, 1.82) is 5.26 Å². The molecule has 0 aliphatic carbocycles. The van der Waals surface area contributed by atoms with Crippen molar-refractivity contribution in [2.24, 2.45) is 0 Å². The largest absolute Gasteiger partial charge is 0.481 e. The summed E-state index contributed by atoms with van der Waals surface area (Å²) < 4.78 is 0. The Bertz CT molecular complexity index is 401. The molecule has 1 N–H and O–H groups in total. The zero-order valence-corrected chi connectivity index (χ0v) is 9.47. The van der Waals surface area contributed by atoms with Gasteiger partial charge in [-0.2, -0.15) is 5.26 Å². The molecule has 3 heteroatoms. The summed E-state index contributed by atoms with van der Waals surface area (Å²) in [6, 6.07) is 9.60. The van der Waals surface area contributed by atoms with E-state index in [1.165, 1.54) is 5.56 Å². The predicted molar refractivity (Wildman–Crippen MR) is 61.1 cm³/mol. The lowest BCUT2D eigenvalue weighted by molar-refractivity contribution is -0.137. The summed E-state index contributed by atoms with van der Waals surface area (Å²) in [6.45, 7) is 4.18. The third-order valence-corrected chi connectivity index (χ3v) is 2.54. The maximum absolute atomic E-state index is 10.6. The van der Waals surface area contributed by atoms with Crippen LogP contribution in [0.3, 0.4) is 0 Å². The molecule has 84 valence electrons. The number of nitrogens with zero attached hydrogens (tertiary/aromatic N) is 1. The van der Waals surface area contributed by atoms with Crippen molar-refractivity contribution in [1.82, 2.24) is 0 Å². The Kier molecular flexibility index (Phi) is 4.07. The molecule has 3 nitrogen and oxygen atoms in total. The van der Waals surface area contributed by atoms with Gasteiger partial charge in [0.2, 0.25) is 0 Å². The number of hydrogen-bond acceptors (Lipinski definition) is 2. The van der Waals surface area contributed by atoms with Crippen LogP contribution in [0.5, 0.6) is 0 Å². The second-order valence-corrected chi connectivity index (χ2v) is 4.10. The Balaban J connectivity index is 2.87. The number of nitriles is 1. The Labute approximate surface area is 95.3 Å². The molecule has 1 aromatic rings. The Hall–Kier alpha value is -1.82. The van der Waals surface area contributed by atoms with Gasteiger partial charge in [-0.1, -0.05) is 38.1 Å². The third kappa shape index (κ3) is 3.09. The molecule has 0 aliphatic rings. The van der Waals surface area contributed by atoms with E-state index in [0.717, 1.165) is 5.56 Å². The maximum atomic E-state index is 10.6. The average Bonchev–Trinajstić information content (AvgIpc) is 2.25. The van der Waals surface area contributed by atoms with Crippen molar-refractivity contribution in [2.75, 3.05) is 0 Å². The van der Waals surface area contributed by atoms with Gasteiger partial charge >= 0.3 is 5.97 Å². The minimum absolute atomic E-state index is 0.141. The van der Waals surface area contributed by atoms with Crippen LogP contribution >= 0.6 is 0 Å². The number of carbonyl (C=O) groups is 1. The quantitative estimate of drug-likeness (QED) is 0.843. The first-order chi connectivity index (χ1) is 7.54. The average molecular weight is 217 g/mol. The van der Waals surface area contributed by atoms with Crippen LogP contribution < -0.4 is 0 Å². The minimum atomic E-state index is -0.945. The van der Waals surface area contributed by atoms with E-state index in [1.54, 1.807) is 0 Å². The van der Waals surface area contributed by atoms with Crippen LogP contribution in [0.4, 0.5) is 0 Å². The highest BCUT2D eigenvalue weighted by Gasteiger charge is 2.14. The Morgan fingerprint density at radius 1 is 1.31 bits per heavy atom. The van der Waals surface area contributed by atoms with Gasteiger partial charge in [-0.15, -0.1) is 0 Å². The molecule has 0 amide bonds. The van der Waals surface area contributed by atoms with Crippen LogP contribution in [0, 0.1) is 11.3 Å². The fourth-order valence-electron chi connectivity index (χ4n) is 1.53. The molecule has 0 bridgehead atoms. The molecule has 0 radical (unpaired) electrons. The molecule has 0 aliphatic heterocycles. The summed E-state index contributed by atoms with van der Waals surface area (Å²) in [6.07, 6.45) is -0.141. The van der Waals surface area contributed by atoms with Crippen LogP contribution in [0.25, 0.3) is 0 Å². The van der Waals surface area contributed by atoms with Crippen LogP contribution in [0.15, 0.2) is 24.3 Å². The summed E-state index contributed by atoms with van der Waals surface area (Å²) in [4.78, 5) is 10.6. The van der Waals surface area contributed by atoms with E-state index < -0.39 is 11.9 Å². The van der Waals surface area contributed by atoms with Crippen molar-refractivity contribution in [3.8, 4) is 6.07 Å². The predicted octanol–water partition coefficient (Wildman–Crippen LogP) is 2.89. The van der Waals surface area contributed by atoms with E-state index in [1.807, 2.05) is 30.3 Å². The van der Waals surface area contributed by atoms with E-state index in [2.05, 4.69) is 13.8 Å². The molecule has 16 heavy (non-hydrogen) atoms. The Morgan fingerprint density at radius 2 is 1.81 bits per heavy atom. The summed E-state index contributed by atoms with van der Waals surface area (Å²) in [5.41, 5.74) is 1.96. The van der Waals surface area contributed by atoms with Crippen molar-refractivity contribution in [2.45, 2.75) is 32.1 Å². The monoisotopic (exact) mass is 217 g/mol. The Morgan fingerprint density at radius 3 is 2.19 bits per heavy atom. The maximum Gasteiger partial charge on any atom is 0.305 e. The number of hydrogen-bond donors (Lipinski definition) is 1. The highest BCUT2D eigenvalue weighted by atomic mass is 16.4. The van der Waals surface area contributed by atoms with E-state index in [0.29, 0.717) is 5.92 Å². The van der Waals surface area contributed by atoms with E-state index in [-0.39, 0.29) is 6.42 Å². The highest BCUT2D eigenvalue weighted by Crippen LogP contribution is 2.22. The molecule has 1 unspecified atom stereocenters. The highest BCUT2D eigenvalue weighted by molar-refractivity contribution is 5.68. The lowest BCUT2D eigenvalue weighted by atomic mass is 9.94. The van der Waals surface area contributed by atoms with Gasteiger partial charge in [0, 0.05) is 0 Å². The third-order valence-electron chi connectivity index (χ3n) is 2.54. The summed E-state index contributed by atoms with van der Waals surface area (Å²) in [5, 5.41) is 17.6. The van der Waals surface area contributed by atoms with Gasteiger partial charge in [-0.25, -0.2) is 0 Å². The van der Waals surface area contributed by atoms with Crippen LogP contribution in [0.2, 0.25) is 0 Å². The fourth-order valence-corrected chi connectivity index (χ4v) is 1.53. The van der Waals surface area contributed by atoms with Crippen LogP contribution in [0.1, 0.15) is 43.2 Å². The van der Waals surface area contributed by atoms with Gasteiger partial charge in [0.05, 0.1) is 18.4 Å². The molecule has 0 spiro atoms. The molecule has 1 atom stereocenters. The van der Waals surface area contributed by atoms with E-state index in [9.17, 15) is 4.79 Å². The molecule has 0 heterocycles. The topological polar surface area (TPSA) is 61.1 Å². The van der Waals surface area contributed by atoms with Crippen LogP contribution in [-0.2, 0) is 4.79 Å². The zero-order valence-electron chi connectivity index (χ0n) is 9.47. The first kappa shape index (κ1) is 12.3. The molecular formula is C13H15NO2. The number of aliphatic carboxylic acids is 1. The van der Waals surface area contributed by atoms with Crippen molar-refractivity contribution in [3.63, 3.8) is 0 Å². The first-order valence-electron chi connectivity index (χ1n) is 5.26. The molecule has 0 fully saturated rings. The van der Waals surface area contributed by atoms with Gasteiger partial charge in [-0.05, 0) is 17.0 Å². The molecule has 1 aromatic carbocycles. The molecule has 0 saturated heterocycles. The molecule has 1 rings (SSSR count). The summed E-state index contributed by atoms with van der Waals surface area (Å²) in [5.74, 6) is -1.06. The molecule has 0 aromatic heterocycles. The SMILES string of the molecule is CC(C)c1ccc(C(C#N)CC(=O)O)cc1. The second-order valence-electron chi connectivity index (χ2n) is 4.10. The van der Waals surface area contributed by atoms with Crippen molar-refractivity contribution >= 4 is 5.97 Å². The second kappa shape index (κ2) is 5.32. The number of rotatable bonds is 4. The molecule has 0 saturated carbocycles. The smallest absolute Gasteiger partial charge is 0.305 e. The number of carboxylic acids is 1. The number of carboxylic acid groups (broad SMARTS) is 1. The lowest BCUT2D eigenvalue weighted by Crippen LogP contribution is -2.04. The zero-order chi connectivity index (χ0) is 12.1. The number of benzene rings is 1. The van der Waals surface area contributed by atoms with E-state index >= 15 is 0 Å². The summed E-state index contributed by atoms with van der Waals surface area (Å²) >= 11 is 0. The van der Waals surface area contributed by atoms with Crippen molar-refractivity contribution in [3.05, 3.63) is 35.4 Å². The van der Waals surface area contributed by atoms with Gasteiger partial charge in [0.25, 0.3) is 0 Å². The normalized spacial score (nSPS) is 12.1. The van der Waals surface area contributed by atoms with Gasteiger partial charge in [0.15, 0.2) is 0 Å². The van der Waals surface area contributed by atoms with Gasteiger partial charge in [0.1, 0.15) is 0 Å². The lowest BCUT2D eigenvalue weighted by Gasteiger charge is -2.09. The first-order valence-corrected chi connectivity index (χ1v) is 5.26. The van der Waals surface area contributed by atoms with Crippen molar-refractivity contribution < 1.29 is 9.90 Å². The van der Waals surface area contributed by atoms with Crippen LogP contribution in [-0.4, -0.2) is 11.1 Å². The van der Waals surface area contributed by atoms with E-state index in [4.69, 9.17) is 10.4 Å². The summed E-state index contributed by atoms with van der Waals surface area (Å²) in [7, 11) is 0. The molecular weight excluding hydrogens is 202 g/mol. The fraction of sp³-hybridized carbons (Fsp3) is 0.385. The van der Waals surface area contributed by atoms with Gasteiger partial charge < -0.3 is 5.11 Å². The standard InChI is InChI=1S/C13H15NO2/c1-9(2)10-3-5-11(6-4-10)12(8-14)7-13(15)16/h3-6,9,12H,7H2,1-2H3,(H,15,16). The van der Waals surface area contributed by atoms with Gasteiger partial charge in [-0.3, -0.25) is 4.79 Å².